The maximum atomic E-state index is 6.44. The van der Waals surface area contributed by atoms with Gasteiger partial charge in [-0.2, -0.15) is 0 Å². The lowest BCUT2D eigenvalue weighted by Gasteiger charge is -2.32. The Labute approximate surface area is 265 Å². The highest BCUT2D eigenvalue weighted by molar-refractivity contribution is 6.63. The van der Waals surface area contributed by atoms with E-state index in [0.29, 0.717) is 5.82 Å². The van der Waals surface area contributed by atoms with E-state index in [1.165, 1.54) is 0 Å². The zero-order valence-electron chi connectivity index (χ0n) is 26.1. The maximum Gasteiger partial charge on any atom is 0.495 e. The molecule has 0 unspecified atom stereocenters. The highest BCUT2D eigenvalue weighted by Gasteiger charge is 2.52. The molecule has 0 spiro atoms. The molecule has 7 rings (SSSR count). The molecular weight excluding hydrogens is 551 g/mol. The summed E-state index contributed by atoms with van der Waals surface area (Å²) in [5.41, 5.74) is 9.49. The first-order valence-electron chi connectivity index (χ1n) is 15.4. The Kier molecular flexibility index (Phi) is 7.44. The van der Waals surface area contributed by atoms with Crippen LogP contribution < -0.4 is 5.46 Å². The van der Waals surface area contributed by atoms with Crippen LogP contribution in [0.4, 0.5) is 0 Å². The molecule has 5 heteroatoms. The van der Waals surface area contributed by atoms with E-state index in [4.69, 9.17) is 19.3 Å². The molecule has 1 fully saturated rings. The van der Waals surface area contributed by atoms with E-state index in [1.807, 2.05) is 42.5 Å². The van der Waals surface area contributed by atoms with Gasteiger partial charge in [0.25, 0.3) is 0 Å². The van der Waals surface area contributed by atoms with E-state index in [2.05, 4.69) is 125 Å². The van der Waals surface area contributed by atoms with E-state index >= 15 is 0 Å². The Morgan fingerprint density at radius 3 is 1.47 bits per heavy atom. The van der Waals surface area contributed by atoms with E-state index in [0.717, 1.165) is 55.8 Å². The molecule has 0 bridgehead atoms. The molecule has 0 radical (unpaired) electrons. The number of benzene rings is 5. The Morgan fingerprint density at radius 2 is 0.889 bits per heavy atom. The molecule has 1 saturated heterocycles. The van der Waals surface area contributed by atoms with Gasteiger partial charge in [0.15, 0.2) is 5.82 Å². The van der Waals surface area contributed by atoms with Crippen LogP contribution >= 0.6 is 0 Å². The third-order valence-corrected chi connectivity index (χ3v) is 8.96. The summed E-state index contributed by atoms with van der Waals surface area (Å²) in [4.78, 5) is 10.1. The molecule has 1 aliphatic heterocycles. The number of nitrogens with zero attached hydrogens (tertiary/aromatic N) is 2. The van der Waals surface area contributed by atoms with Gasteiger partial charge in [-0.25, -0.2) is 9.97 Å². The zero-order chi connectivity index (χ0) is 31.0. The van der Waals surface area contributed by atoms with Gasteiger partial charge >= 0.3 is 7.12 Å². The van der Waals surface area contributed by atoms with Crippen LogP contribution in [0, 0.1) is 0 Å². The first-order chi connectivity index (χ1) is 21.8. The van der Waals surface area contributed by atoms with Crippen molar-refractivity contribution in [2.45, 2.75) is 38.9 Å². The second kappa shape index (κ2) is 11.6. The second-order valence-electron chi connectivity index (χ2n) is 12.5. The van der Waals surface area contributed by atoms with E-state index < -0.39 is 18.3 Å². The van der Waals surface area contributed by atoms with Gasteiger partial charge in [-0.15, -0.1) is 0 Å². The molecule has 0 amide bonds. The van der Waals surface area contributed by atoms with Gasteiger partial charge in [0, 0.05) is 16.7 Å². The first kappa shape index (κ1) is 28.9. The summed E-state index contributed by atoms with van der Waals surface area (Å²) < 4.78 is 12.9. The van der Waals surface area contributed by atoms with E-state index in [9.17, 15) is 0 Å². The minimum atomic E-state index is -0.439. The Balaban J connectivity index is 1.27. The maximum absolute atomic E-state index is 6.44. The average Bonchev–Trinajstić information content (AvgIpc) is 3.31. The highest BCUT2D eigenvalue weighted by Crippen LogP contribution is 2.38. The van der Waals surface area contributed by atoms with Crippen LogP contribution in [0.2, 0.25) is 0 Å². The van der Waals surface area contributed by atoms with Gasteiger partial charge in [0.2, 0.25) is 0 Å². The number of hydrogen-bond donors (Lipinski definition) is 0. The summed E-state index contributed by atoms with van der Waals surface area (Å²) in [7, 11) is -0.439. The van der Waals surface area contributed by atoms with E-state index in [-0.39, 0.29) is 0 Å². The predicted octanol–water partition coefficient (Wildman–Crippen LogP) is 9.11. The van der Waals surface area contributed by atoms with Crippen molar-refractivity contribution >= 4 is 12.6 Å². The molecule has 5 aromatic carbocycles. The van der Waals surface area contributed by atoms with Crippen molar-refractivity contribution in [1.29, 1.82) is 0 Å². The summed E-state index contributed by atoms with van der Waals surface area (Å²) in [6.45, 7) is 8.35. The molecule has 0 aliphatic carbocycles. The Morgan fingerprint density at radius 1 is 0.444 bits per heavy atom. The lowest BCUT2D eigenvalue weighted by molar-refractivity contribution is 0.00578. The van der Waals surface area contributed by atoms with Crippen molar-refractivity contribution in [3.05, 3.63) is 140 Å². The van der Waals surface area contributed by atoms with Crippen molar-refractivity contribution in [3.8, 4) is 56.2 Å². The molecule has 0 saturated carbocycles. The van der Waals surface area contributed by atoms with Crippen molar-refractivity contribution < 1.29 is 9.31 Å². The van der Waals surface area contributed by atoms with Crippen molar-refractivity contribution in [3.63, 3.8) is 0 Å². The van der Waals surface area contributed by atoms with Gasteiger partial charge in [-0.1, -0.05) is 121 Å². The molecule has 1 aromatic heterocycles. The summed E-state index contributed by atoms with van der Waals surface area (Å²) in [6, 6.07) is 48.1. The third kappa shape index (κ3) is 5.73. The van der Waals surface area contributed by atoms with Gasteiger partial charge in [-0.3, -0.25) is 0 Å². The van der Waals surface area contributed by atoms with Crippen LogP contribution in [0.15, 0.2) is 140 Å². The molecule has 6 aromatic rings. The monoisotopic (exact) mass is 586 g/mol. The molecule has 1 aliphatic rings. The highest BCUT2D eigenvalue weighted by atomic mass is 16.7. The predicted molar refractivity (Wildman–Crippen MR) is 185 cm³/mol. The summed E-state index contributed by atoms with van der Waals surface area (Å²) in [6.07, 6.45) is 0. The lowest BCUT2D eigenvalue weighted by atomic mass is 9.74. The summed E-state index contributed by atoms with van der Waals surface area (Å²) >= 11 is 0. The number of hydrogen-bond acceptors (Lipinski definition) is 4. The second-order valence-corrected chi connectivity index (χ2v) is 12.5. The Hall–Kier alpha value is -4.84. The first-order valence-corrected chi connectivity index (χ1v) is 15.4. The summed E-state index contributed by atoms with van der Waals surface area (Å²) in [5, 5.41) is 0. The number of aromatic nitrogens is 2. The van der Waals surface area contributed by atoms with Gasteiger partial charge in [0.05, 0.1) is 22.6 Å². The smallest absolute Gasteiger partial charge is 0.399 e. The van der Waals surface area contributed by atoms with Gasteiger partial charge < -0.3 is 9.31 Å². The molecule has 2 heterocycles. The van der Waals surface area contributed by atoms with Gasteiger partial charge in [-0.05, 0) is 73.6 Å². The molecular formula is C40H35BN2O2. The largest absolute Gasteiger partial charge is 0.495 e. The van der Waals surface area contributed by atoms with Crippen molar-refractivity contribution in [2.75, 3.05) is 0 Å². The normalized spacial score (nSPS) is 15.2. The zero-order valence-corrected chi connectivity index (χ0v) is 26.1. The Bertz CT molecular complexity index is 1900. The van der Waals surface area contributed by atoms with Crippen LogP contribution in [-0.2, 0) is 9.31 Å². The van der Waals surface area contributed by atoms with E-state index in [1.54, 1.807) is 0 Å². The lowest BCUT2D eigenvalue weighted by Crippen LogP contribution is -2.41. The fourth-order valence-electron chi connectivity index (χ4n) is 5.73. The van der Waals surface area contributed by atoms with Crippen molar-refractivity contribution in [1.82, 2.24) is 9.97 Å². The van der Waals surface area contributed by atoms with Gasteiger partial charge in [0.1, 0.15) is 0 Å². The summed E-state index contributed by atoms with van der Waals surface area (Å²) in [5.74, 6) is 0.694. The van der Waals surface area contributed by atoms with Crippen LogP contribution in [0.1, 0.15) is 27.7 Å². The molecule has 4 nitrogen and oxygen atoms in total. The van der Waals surface area contributed by atoms with Crippen LogP contribution in [-0.4, -0.2) is 28.3 Å². The standard InChI is InChI=1S/C40H35BN2O2/c1-39(2)40(3,4)45-41(44-39)35-24-12-11-23-34(35)32-21-13-19-30(25-32)31-20-14-22-33(26-31)38-42-36(28-15-7-5-8-16-28)27-37(43-38)29-17-9-6-10-18-29/h5-27H,1-4H3. The molecule has 220 valence electrons. The fourth-order valence-corrected chi connectivity index (χ4v) is 5.73. The minimum Gasteiger partial charge on any atom is -0.399 e. The molecule has 0 N–H and O–H groups in total. The third-order valence-electron chi connectivity index (χ3n) is 8.96. The van der Waals surface area contributed by atoms with Crippen molar-refractivity contribution in [2.24, 2.45) is 0 Å². The van der Waals surface area contributed by atoms with Crippen LogP contribution in [0.5, 0.6) is 0 Å². The quantitative estimate of drug-likeness (QED) is 0.183. The SMILES string of the molecule is CC1(C)OB(c2ccccc2-c2cccc(-c3cccc(-c4nc(-c5ccccc5)cc(-c5ccccc5)n4)c3)c2)OC1(C)C. The van der Waals surface area contributed by atoms with Crippen LogP contribution in [0.25, 0.3) is 56.2 Å². The fraction of sp³-hybridized carbons (Fsp3) is 0.150. The van der Waals surface area contributed by atoms with Crippen LogP contribution in [0.3, 0.4) is 0 Å². The number of rotatable bonds is 6. The molecule has 0 atom stereocenters. The average molecular weight is 587 g/mol. The molecule has 45 heavy (non-hydrogen) atoms. The minimum absolute atomic E-state index is 0.409. The topological polar surface area (TPSA) is 44.2 Å².